The Hall–Kier alpha value is -4.11. The van der Waals surface area contributed by atoms with Gasteiger partial charge < -0.3 is 10.1 Å². The first-order valence-electron chi connectivity index (χ1n) is 12.7. The minimum atomic E-state index is -3.26. The Labute approximate surface area is 224 Å². The standard InChI is InChI=1S/C33H31N2O2P/c1-37-29-24-22-27(23-25-29)33(32(26-14-6-2-7-15-26)34-28-16-8-3-9-17-28)35-38(36,30-18-10-4-11-19-30)31-20-12-5-13-21-31/h2-25,32-34H,1H3,(H,35,36)/t32-,33+/m1/s1. The number of hydrogen-bond acceptors (Lipinski definition) is 3. The van der Waals surface area contributed by atoms with Crippen molar-refractivity contribution in [2.24, 2.45) is 0 Å². The summed E-state index contributed by atoms with van der Waals surface area (Å²) in [5.41, 5.74) is 3.06. The van der Waals surface area contributed by atoms with E-state index in [1.54, 1.807) is 7.11 Å². The van der Waals surface area contributed by atoms with Gasteiger partial charge in [0.05, 0.1) is 19.2 Å². The van der Waals surface area contributed by atoms with E-state index < -0.39 is 7.29 Å². The lowest BCUT2D eigenvalue weighted by molar-refractivity contribution is 0.414. The highest BCUT2D eigenvalue weighted by Crippen LogP contribution is 2.45. The van der Waals surface area contributed by atoms with Crippen molar-refractivity contribution in [1.82, 2.24) is 5.09 Å². The smallest absolute Gasteiger partial charge is 0.205 e. The topological polar surface area (TPSA) is 50.4 Å². The second-order valence-electron chi connectivity index (χ2n) is 9.06. The number of rotatable bonds is 10. The third kappa shape index (κ3) is 5.73. The molecule has 5 aromatic carbocycles. The molecule has 2 N–H and O–H groups in total. The maximum Gasteiger partial charge on any atom is 0.205 e. The summed E-state index contributed by atoms with van der Waals surface area (Å²) < 4.78 is 20.6. The van der Waals surface area contributed by atoms with Gasteiger partial charge in [0.2, 0.25) is 7.29 Å². The minimum absolute atomic E-state index is 0.229. The fraction of sp³-hybridized carbons (Fsp3) is 0.0909. The first-order chi connectivity index (χ1) is 18.7. The van der Waals surface area contributed by atoms with Crippen molar-refractivity contribution >= 4 is 23.6 Å². The molecule has 5 heteroatoms. The number of para-hydroxylation sites is 1. The van der Waals surface area contributed by atoms with E-state index in [0.717, 1.165) is 33.2 Å². The molecule has 0 amide bonds. The molecule has 0 aromatic heterocycles. The third-order valence-corrected chi connectivity index (χ3v) is 9.32. The van der Waals surface area contributed by atoms with Crippen molar-refractivity contribution in [3.63, 3.8) is 0 Å². The Bertz CT molecular complexity index is 1420. The Balaban J connectivity index is 1.67. The van der Waals surface area contributed by atoms with Crippen LogP contribution >= 0.6 is 7.29 Å². The molecule has 5 aromatic rings. The molecule has 0 unspecified atom stereocenters. The summed E-state index contributed by atoms with van der Waals surface area (Å²) in [6.07, 6.45) is 0. The molecular formula is C33H31N2O2P. The van der Waals surface area contributed by atoms with Crippen LogP contribution in [0.15, 0.2) is 146 Å². The largest absolute Gasteiger partial charge is 0.497 e. The summed E-state index contributed by atoms with van der Waals surface area (Å²) in [6.45, 7) is 0. The van der Waals surface area contributed by atoms with Crippen LogP contribution in [0.2, 0.25) is 0 Å². The van der Waals surface area contributed by atoms with Crippen molar-refractivity contribution in [3.8, 4) is 5.75 Å². The van der Waals surface area contributed by atoms with Gasteiger partial charge in [0.1, 0.15) is 5.75 Å². The summed E-state index contributed by atoms with van der Waals surface area (Å²) in [7, 11) is -1.60. The van der Waals surface area contributed by atoms with E-state index in [-0.39, 0.29) is 12.1 Å². The summed E-state index contributed by atoms with van der Waals surface area (Å²) in [4.78, 5) is 0. The molecule has 0 saturated heterocycles. The molecule has 0 aliphatic heterocycles. The molecule has 190 valence electrons. The van der Waals surface area contributed by atoms with Crippen LogP contribution in [-0.2, 0) is 4.57 Å². The van der Waals surface area contributed by atoms with Gasteiger partial charge in [-0.2, -0.15) is 0 Å². The molecule has 0 aliphatic rings. The summed E-state index contributed by atoms with van der Waals surface area (Å²) >= 11 is 0. The minimum Gasteiger partial charge on any atom is -0.497 e. The van der Waals surface area contributed by atoms with Gasteiger partial charge >= 0.3 is 0 Å². The average Bonchev–Trinajstić information content (AvgIpc) is 3.01. The molecule has 5 rings (SSSR count). The predicted molar refractivity (Wildman–Crippen MR) is 158 cm³/mol. The Morgan fingerprint density at radius 3 is 1.50 bits per heavy atom. The molecular weight excluding hydrogens is 487 g/mol. The van der Waals surface area contributed by atoms with Crippen LogP contribution in [0, 0.1) is 0 Å². The molecule has 2 atom stereocenters. The SMILES string of the molecule is COc1ccc([C@H](NP(=O)(c2ccccc2)c2ccccc2)[C@H](Nc2ccccc2)c2ccccc2)cc1. The van der Waals surface area contributed by atoms with E-state index in [1.165, 1.54) is 0 Å². The summed E-state index contributed by atoms with van der Waals surface area (Å²) in [6, 6.07) is 47.2. The number of methoxy groups -OCH3 is 1. The van der Waals surface area contributed by atoms with Gasteiger partial charge in [-0.25, -0.2) is 0 Å². The van der Waals surface area contributed by atoms with E-state index in [4.69, 9.17) is 4.74 Å². The van der Waals surface area contributed by atoms with E-state index >= 15 is 4.57 Å². The maximum atomic E-state index is 15.1. The molecule has 38 heavy (non-hydrogen) atoms. The highest BCUT2D eigenvalue weighted by molar-refractivity contribution is 7.76. The lowest BCUT2D eigenvalue weighted by Gasteiger charge is -2.34. The van der Waals surface area contributed by atoms with E-state index in [9.17, 15) is 0 Å². The van der Waals surface area contributed by atoms with Crippen molar-refractivity contribution in [2.75, 3.05) is 12.4 Å². The summed E-state index contributed by atoms with van der Waals surface area (Å²) in [5, 5.41) is 8.94. The molecule has 4 nitrogen and oxygen atoms in total. The number of benzene rings is 5. The lowest BCUT2D eigenvalue weighted by atomic mass is 9.93. The van der Waals surface area contributed by atoms with Gasteiger partial charge in [0, 0.05) is 16.3 Å². The third-order valence-electron chi connectivity index (χ3n) is 6.62. The zero-order chi connectivity index (χ0) is 26.2. The average molecular weight is 519 g/mol. The zero-order valence-corrected chi connectivity index (χ0v) is 22.2. The Morgan fingerprint density at radius 2 is 1.00 bits per heavy atom. The van der Waals surface area contributed by atoms with Crippen molar-refractivity contribution < 1.29 is 9.30 Å². The first-order valence-corrected chi connectivity index (χ1v) is 14.4. The van der Waals surface area contributed by atoms with Crippen molar-refractivity contribution in [2.45, 2.75) is 12.1 Å². The van der Waals surface area contributed by atoms with E-state index in [1.807, 2.05) is 121 Å². The molecule has 0 saturated carbocycles. The number of ether oxygens (including phenoxy) is 1. The molecule has 0 heterocycles. The van der Waals surface area contributed by atoms with Crippen LogP contribution in [0.3, 0.4) is 0 Å². The zero-order valence-electron chi connectivity index (χ0n) is 21.3. The van der Waals surface area contributed by atoms with Gasteiger partial charge in [0.15, 0.2) is 0 Å². The highest BCUT2D eigenvalue weighted by Gasteiger charge is 2.35. The Morgan fingerprint density at radius 1 is 0.553 bits per heavy atom. The maximum absolute atomic E-state index is 15.1. The Kier molecular flexibility index (Phi) is 8.04. The van der Waals surface area contributed by atoms with Gasteiger partial charge in [-0.1, -0.05) is 97.1 Å². The molecule has 0 radical (unpaired) electrons. The van der Waals surface area contributed by atoms with E-state index in [0.29, 0.717) is 0 Å². The molecule has 0 bridgehead atoms. The molecule has 0 fully saturated rings. The monoisotopic (exact) mass is 518 g/mol. The highest BCUT2D eigenvalue weighted by atomic mass is 31.2. The van der Waals surface area contributed by atoms with Crippen LogP contribution in [0.4, 0.5) is 5.69 Å². The normalized spacial score (nSPS) is 12.9. The van der Waals surface area contributed by atoms with Gasteiger partial charge in [-0.15, -0.1) is 0 Å². The second-order valence-corrected chi connectivity index (χ2v) is 11.6. The van der Waals surface area contributed by atoms with Crippen LogP contribution in [0.1, 0.15) is 23.2 Å². The fourth-order valence-electron chi connectivity index (χ4n) is 4.66. The quantitative estimate of drug-likeness (QED) is 0.194. The van der Waals surface area contributed by atoms with E-state index in [2.05, 4.69) is 34.7 Å². The number of hydrogen-bond donors (Lipinski definition) is 2. The fourth-order valence-corrected chi connectivity index (χ4v) is 7.13. The molecule has 0 aliphatic carbocycles. The van der Waals surface area contributed by atoms with Crippen LogP contribution < -0.4 is 25.8 Å². The first kappa shape index (κ1) is 25.5. The second kappa shape index (κ2) is 12.0. The van der Waals surface area contributed by atoms with Gasteiger partial charge in [0.25, 0.3) is 0 Å². The number of anilines is 1. The van der Waals surface area contributed by atoms with Crippen LogP contribution in [0.25, 0.3) is 0 Å². The number of nitrogens with one attached hydrogen (secondary N) is 2. The van der Waals surface area contributed by atoms with Gasteiger partial charge in [-0.05, 0) is 59.7 Å². The van der Waals surface area contributed by atoms with Crippen molar-refractivity contribution in [3.05, 3.63) is 157 Å². The van der Waals surface area contributed by atoms with Crippen LogP contribution in [-0.4, -0.2) is 7.11 Å². The van der Waals surface area contributed by atoms with Crippen molar-refractivity contribution in [1.29, 1.82) is 0 Å². The van der Waals surface area contributed by atoms with Gasteiger partial charge in [-0.3, -0.25) is 9.65 Å². The summed E-state index contributed by atoms with van der Waals surface area (Å²) in [5.74, 6) is 0.772. The molecule has 0 spiro atoms. The lowest BCUT2D eigenvalue weighted by Crippen LogP contribution is -2.35. The van der Waals surface area contributed by atoms with Crippen LogP contribution in [0.5, 0.6) is 5.75 Å². The predicted octanol–water partition coefficient (Wildman–Crippen LogP) is 7.11.